The van der Waals surface area contributed by atoms with Gasteiger partial charge in [0.25, 0.3) is 10.0 Å². The Morgan fingerprint density at radius 2 is 1.67 bits per heavy atom. The summed E-state index contributed by atoms with van der Waals surface area (Å²) in [6.07, 6.45) is 0.891. The van der Waals surface area contributed by atoms with Crippen molar-refractivity contribution >= 4 is 21.7 Å². The minimum Gasteiger partial charge on any atom is -0.294 e. The minimum atomic E-state index is -4.05. The molecule has 0 aromatic heterocycles. The molecule has 0 unspecified atom stereocenters. The average Bonchev–Trinajstić information content (AvgIpc) is 2.60. The molecule has 2 aromatic rings. The van der Waals surface area contributed by atoms with Gasteiger partial charge in [0.2, 0.25) is 5.91 Å². The average molecular weight is 395 g/mol. The normalized spacial score (nSPS) is 11.2. The van der Waals surface area contributed by atoms with Crippen LogP contribution in [0, 0.1) is 11.6 Å². The summed E-state index contributed by atoms with van der Waals surface area (Å²) < 4.78 is 52.7. The fourth-order valence-electron chi connectivity index (χ4n) is 2.46. The summed E-state index contributed by atoms with van der Waals surface area (Å²) in [7, 11) is -4.05. The van der Waals surface area contributed by atoms with Gasteiger partial charge in [-0.2, -0.15) is 0 Å². The predicted octanol–water partition coefficient (Wildman–Crippen LogP) is 3.39. The molecule has 1 amide bonds. The van der Waals surface area contributed by atoms with Crippen LogP contribution in [-0.4, -0.2) is 20.1 Å². The molecular formula is C19H19F2NO4S. The molecule has 0 saturated heterocycles. The lowest BCUT2D eigenvalue weighted by molar-refractivity contribution is -0.119. The first-order chi connectivity index (χ1) is 12.7. The number of Topliss-reactive ketones (excluding diaryl/α,β-unsaturated/α-hetero) is 1. The topological polar surface area (TPSA) is 80.3 Å². The zero-order valence-electron chi connectivity index (χ0n) is 14.7. The molecule has 0 aliphatic rings. The molecule has 2 aromatic carbocycles. The number of carbonyl (C=O) groups excluding carboxylic acids is 2. The Labute approximate surface area is 156 Å². The maximum Gasteiger partial charge on any atom is 0.264 e. The Kier molecular flexibility index (Phi) is 6.79. The first-order valence-corrected chi connectivity index (χ1v) is 9.84. The zero-order valence-corrected chi connectivity index (χ0v) is 15.5. The predicted molar refractivity (Wildman–Crippen MR) is 95.7 cm³/mol. The van der Waals surface area contributed by atoms with Crippen LogP contribution in [0.2, 0.25) is 0 Å². The number of amides is 1. The van der Waals surface area contributed by atoms with Gasteiger partial charge in [-0.1, -0.05) is 25.5 Å². The second-order valence-corrected chi connectivity index (χ2v) is 7.65. The highest BCUT2D eigenvalue weighted by atomic mass is 32.2. The molecular weight excluding hydrogens is 376 g/mol. The van der Waals surface area contributed by atoms with Crippen LogP contribution in [0.1, 0.15) is 42.1 Å². The molecule has 0 heterocycles. The molecule has 27 heavy (non-hydrogen) atoms. The van der Waals surface area contributed by atoms with Crippen molar-refractivity contribution in [3.63, 3.8) is 0 Å². The van der Waals surface area contributed by atoms with Crippen molar-refractivity contribution in [1.82, 2.24) is 4.72 Å². The lowest BCUT2D eigenvalue weighted by atomic mass is 10.1. The number of hydrogen-bond acceptors (Lipinski definition) is 4. The minimum absolute atomic E-state index is 0.0633. The molecule has 0 aliphatic carbocycles. The van der Waals surface area contributed by atoms with E-state index in [1.165, 1.54) is 12.1 Å². The fraction of sp³-hybridized carbons (Fsp3) is 0.263. The molecule has 0 saturated carbocycles. The first kappa shape index (κ1) is 20.7. The third kappa shape index (κ3) is 5.68. The molecule has 0 aliphatic heterocycles. The van der Waals surface area contributed by atoms with Crippen LogP contribution in [0.25, 0.3) is 0 Å². The molecule has 0 spiro atoms. The van der Waals surface area contributed by atoms with Crippen LogP contribution in [0.3, 0.4) is 0 Å². The number of ketones is 1. The lowest BCUT2D eigenvalue weighted by Gasteiger charge is -2.08. The Bertz CT molecular complexity index is 941. The van der Waals surface area contributed by atoms with Crippen molar-refractivity contribution in [2.75, 3.05) is 0 Å². The SMILES string of the molecule is CCCc1ccc(S(=O)(=O)NC(=O)CCC(=O)c2ccc(F)cc2F)cc1. The van der Waals surface area contributed by atoms with E-state index >= 15 is 0 Å². The van der Waals surface area contributed by atoms with E-state index in [4.69, 9.17) is 0 Å². The maximum atomic E-state index is 13.5. The zero-order chi connectivity index (χ0) is 20.0. The highest BCUT2D eigenvalue weighted by molar-refractivity contribution is 7.90. The summed E-state index contributed by atoms with van der Waals surface area (Å²) in [6, 6.07) is 8.63. The third-order valence-corrected chi connectivity index (χ3v) is 5.22. The molecule has 5 nitrogen and oxygen atoms in total. The van der Waals surface area contributed by atoms with E-state index in [2.05, 4.69) is 0 Å². The second kappa shape index (κ2) is 8.85. The van der Waals surface area contributed by atoms with Gasteiger partial charge in [-0.15, -0.1) is 0 Å². The molecule has 144 valence electrons. The Hall–Kier alpha value is -2.61. The van der Waals surface area contributed by atoms with Gasteiger partial charge < -0.3 is 0 Å². The number of benzene rings is 2. The van der Waals surface area contributed by atoms with Crippen LogP contribution in [0.5, 0.6) is 0 Å². The monoisotopic (exact) mass is 395 g/mol. The van der Waals surface area contributed by atoms with Gasteiger partial charge in [0.1, 0.15) is 11.6 Å². The van der Waals surface area contributed by atoms with Gasteiger partial charge in [-0.25, -0.2) is 21.9 Å². The smallest absolute Gasteiger partial charge is 0.264 e. The second-order valence-electron chi connectivity index (χ2n) is 5.97. The molecule has 0 atom stereocenters. The van der Waals surface area contributed by atoms with Crippen LogP contribution in [0.4, 0.5) is 8.78 Å². The standard InChI is InChI=1S/C19H19F2NO4S/c1-2-3-13-4-7-15(8-5-13)27(25,26)22-19(24)11-10-18(23)16-9-6-14(20)12-17(16)21/h4-9,12H,2-3,10-11H2,1H3,(H,22,24). The van der Waals surface area contributed by atoms with Crippen molar-refractivity contribution in [2.45, 2.75) is 37.5 Å². The molecule has 0 radical (unpaired) electrons. The molecule has 8 heteroatoms. The number of sulfonamides is 1. The number of nitrogens with one attached hydrogen (secondary N) is 1. The number of halogens is 2. The largest absolute Gasteiger partial charge is 0.294 e. The van der Waals surface area contributed by atoms with Crippen LogP contribution in [-0.2, 0) is 21.2 Å². The number of rotatable bonds is 8. The lowest BCUT2D eigenvalue weighted by Crippen LogP contribution is -2.30. The van der Waals surface area contributed by atoms with E-state index in [0.29, 0.717) is 6.07 Å². The van der Waals surface area contributed by atoms with Gasteiger partial charge in [-0.3, -0.25) is 9.59 Å². The van der Waals surface area contributed by atoms with Gasteiger partial charge in [-0.05, 0) is 36.2 Å². The van der Waals surface area contributed by atoms with Gasteiger partial charge in [0, 0.05) is 18.9 Å². The van der Waals surface area contributed by atoms with Crippen molar-refractivity contribution in [3.8, 4) is 0 Å². The van der Waals surface area contributed by atoms with E-state index in [1.807, 2.05) is 11.6 Å². The fourth-order valence-corrected chi connectivity index (χ4v) is 3.48. The summed E-state index contributed by atoms with van der Waals surface area (Å²) in [5.74, 6) is -3.45. The van der Waals surface area contributed by atoms with E-state index in [0.717, 1.165) is 30.5 Å². The summed E-state index contributed by atoms with van der Waals surface area (Å²) in [4.78, 5) is 23.7. The highest BCUT2D eigenvalue weighted by Gasteiger charge is 2.19. The Morgan fingerprint density at radius 1 is 1.00 bits per heavy atom. The van der Waals surface area contributed by atoms with E-state index in [1.54, 1.807) is 12.1 Å². The summed E-state index contributed by atoms with van der Waals surface area (Å²) in [5.41, 5.74) is 0.633. The quantitative estimate of drug-likeness (QED) is 0.695. The van der Waals surface area contributed by atoms with Crippen LogP contribution >= 0.6 is 0 Å². The van der Waals surface area contributed by atoms with E-state index in [-0.39, 0.29) is 10.5 Å². The third-order valence-electron chi connectivity index (χ3n) is 3.83. The van der Waals surface area contributed by atoms with E-state index < -0.39 is 46.2 Å². The highest BCUT2D eigenvalue weighted by Crippen LogP contribution is 2.14. The summed E-state index contributed by atoms with van der Waals surface area (Å²) in [5, 5.41) is 0. The Morgan fingerprint density at radius 3 is 2.26 bits per heavy atom. The molecule has 0 fully saturated rings. The van der Waals surface area contributed by atoms with Crippen molar-refractivity contribution in [3.05, 3.63) is 65.2 Å². The summed E-state index contributed by atoms with van der Waals surface area (Å²) in [6.45, 7) is 2.00. The number of hydrogen-bond donors (Lipinski definition) is 1. The summed E-state index contributed by atoms with van der Waals surface area (Å²) >= 11 is 0. The van der Waals surface area contributed by atoms with Crippen LogP contribution in [0.15, 0.2) is 47.4 Å². The number of aryl methyl sites for hydroxylation is 1. The Balaban J connectivity index is 1.96. The van der Waals surface area contributed by atoms with E-state index in [9.17, 15) is 26.8 Å². The van der Waals surface area contributed by atoms with Crippen molar-refractivity contribution < 1.29 is 26.8 Å². The molecule has 0 bridgehead atoms. The van der Waals surface area contributed by atoms with Crippen LogP contribution < -0.4 is 4.72 Å². The van der Waals surface area contributed by atoms with Crippen molar-refractivity contribution in [1.29, 1.82) is 0 Å². The maximum absolute atomic E-state index is 13.5. The van der Waals surface area contributed by atoms with Gasteiger partial charge in [0.05, 0.1) is 10.5 Å². The molecule has 1 N–H and O–H groups in total. The van der Waals surface area contributed by atoms with Crippen molar-refractivity contribution in [2.24, 2.45) is 0 Å². The number of carbonyl (C=O) groups is 2. The first-order valence-electron chi connectivity index (χ1n) is 8.35. The molecule has 2 rings (SSSR count). The van der Waals surface area contributed by atoms with Gasteiger partial charge >= 0.3 is 0 Å². The van der Waals surface area contributed by atoms with Gasteiger partial charge in [0.15, 0.2) is 5.78 Å².